The molecule has 3 rings (SSSR count). The van der Waals surface area contributed by atoms with Crippen LogP contribution in [0.25, 0.3) is 0 Å². The van der Waals surface area contributed by atoms with Crippen molar-refractivity contribution in [1.29, 1.82) is 0 Å². The van der Waals surface area contributed by atoms with E-state index in [4.69, 9.17) is 11.6 Å². The Morgan fingerprint density at radius 2 is 1.75 bits per heavy atom. The van der Waals surface area contributed by atoms with Gasteiger partial charge < -0.3 is 5.32 Å². The van der Waals surface area contributed by atoms with E-state index in [1.165, 1.54) is 32.1 Å². The first-order chi connectivity index (χ1) is 10.7. The summed E-state index contributed by atoms with van der Waals surface area (Å²) < 4.78 is 14.7. The molecule has 1 aliphatic carbocycles. The summed E-state index contributed by atoms with van der Waals surface area (Å²) in [5, 5.41) is 4.03. The van der Waals surface area contributed by atoms with Gasteiger partial charge in [-0.15, -0.1) is 24.8 Å². The predicted octanol–water partition coefficient (Wildman–Crippen LogP) is 5.16. The second kappa shape index (κ2) is 10.2. The molecule has 0 aromatic heterocycles. The van der Waals surface area contributed by atoms with Crippen LogP contribution in [0.3, 0.4) is 0 Å². The Morgan fingerprint density at radius 3 is 2.38 bits per heavy atom. The molecule has 2 fully saturated rings. The van der Waals surface area contributed by atoms with E-state index < -0.39 is 0 Å². The number of halogens is 4. The highest BCUT2D eigenvalue weighted by molar-refractivity contribution is 6.32. The molecule has 1 heterocycles. The lowest BCUT2D eigenvalue weighted by molar-refractivity contribution is 0.101. The first kappa shape index (κ1) is 22.0. The summed E-state index contributed by atoms with van der Waals surface area (Å²) in [5.74, 6) is 0.394. The number of hydrogen-bond acceptors (Lipinski definition) is 2. The number of rotatable bonds is 3. The maximum absolute atomic E-state index is 14.7. The Morgan fingerprint density at radius 1 is 1.12 bits per heavy atom. The third kappa shape index (κ3) is 4.76. The highest BCUT2D eigenvalue weighted by Gasteiger charge is 2.34. The molecular weight excluding hydrogens is 370 g/mol. The van der Waals surface area contributed by atoms with Crippen molar-refractivity contribution in [1.82, 2.24) is 10.2 Å². The fourth-order valence-electron chi connectivity index (χ4n) is 4.08. The third-order valence-electron chi connectivity index (χ3n) is 5.26. The summed E-state index contributed by atoms with van der Waals surface area (Å²) in [5.41, 5.74) is 1.73. The van der Waals surface area contributed by atoms with Crippen LogP contribution in [0.2, 0.25) is 5.02 Å². The van der Waals surface area contributed by atoms with Gasteiger partial charge in [0.25, 0.3) is 0 Å². The maximum atomic E-state index is 14.7. The van der Waals surface area contributed by atoms with E-state index in [9.17, 15) is 4.39 Å². The van der Waals surface area contributed by atoms with Gasteiger partial charge in [-0.25, -0.2) is 4.39 Å². The second-order valence-electron chi connectivity index (χ2n) is 6.72. The van der Waals surface area contributed by atoms with Crippen LogP contribution in [0.1, 0.15) is 49.3 Å². The van der Waals surface area contributed by atoms with Gasteiger partial charge in [0.05, 0.1) is 5.02 Å². The fraction of sp³-hybridized carbons (Fsp3) is 0.667. The molecule has 0 spiro atoms. The van der Waals surface area contributed by atoms with Gasteiger partial charge in [-0.3, -0.25) is 4.90 Å². The molecule has 1 aliphatic heterocycles. The van der Waals surface area contributed by atoms with E-state index in [-0.39, 0.29) is 36.7 Å². The van der Waals surface area contributed by atoms with Crippen LogP contribution in [0.5, 0.6) is 0 Å². The molecule has 138 valence electrons. The molecule has 0 radical (unpaired) electrons. The van der Waals surface area contributed by atoms with Crippen molar-refractivity contribution < 1.29 is 4.39 Å². The van der Waals surface area contributed by atoms with E-state index in [2.05, 4.69) is 10.2 Å². The normalized spacial score (nSPS) is 20.8. The fourth-order valence-corrected chi connectivity index (χ4v) is 4.34. The van der Waals surface area contributed by atoms with E-state index in [0.717, 1.165) is 37.3 Å². The van der Waals surface area contributed by atoms with Crippen LogP contribution >= 0.6 is 36.4 Å². The van der Waals surface area contributed by atoms with Crippen LogP contribution in [-0.2, 0) is 0 Å². The molecule has 2 aliphatic rings. The zero-order valence-electron chi connectivity index (χ0n) is 14.2. The van der Waals surface area contributed by atoms with Gasteiger partial charge in [-0.1, -0.05) is 36.9 Å². The lowest BCUT2D eigenvalue weighted by atomic mass is 9.79. The monoisotopic (exact) mass is 396 g/mol. The number of nitrogens with zero attached hydrogens (tertiary/aromatic N) is 1. The van der Waals surface area contributed by atoms with Crippen LogP contribution in [-0.4, -0.2) is 31.1 Å². The molecule has 1 saturated heterocycles. The number of hydrogen-bond donors (Lipinski definition) is 1. The third-order valence-corrected chi connectivity index (χ3v) is 5.76. The Bertz CT molecular complexity index is 497. The van der Waals surface area contributed by atoms with Gasteiger partial charge in [-0.2, -0.15) is 0 Å². The van der Waals surface area contributed by atoms with Gasteiger partial charge in [-0.05, 0) is 37.3 Å². The van der Waals surface area contributed by atoms with Crippen LogP contribution in [0, 0.1) is 18.7 Å². The SMILES string of the molecule is Cc1ccc(F)c([C@H](C2CCCCC2)N2CCNCC2)c1Cl.Cl.Cl. The van der Waals surface area contributed by atoms with Crippen molar-refractivity contribution in [3.8, 4) is 0 Å². The summed E-state index contributed by atoms with van der Waals surface area (Å²) in [6, 6.07) is 3.51. The minimum Gasteiger partial charge on any atom is -0.314 e. The Hall–Kier alpha value is -0.0600. The van der Waals surface area contributed by atoms with Gasteiger partial charge in [0.1, 0.15) is 5.82 Å². The summed E-state index contributed by atoms with van der Waals surface area (Å²) in [6.07, 6.45) is 6.22. The largest absolute Gasteiger partial charge is 0.314 e. The van der Waals surface area contributed by atoms with Crippen LogP contribution in [0.4, 0.5) is 4.39 Å². The molecular formula is C18H28Cl3FN2. The average molecular weight is 398 g/mol. The van der Waals surface area contributed by atoms with Gasteiger partial charge in [0.15, 0.2) is 0 Å². The van der Waals surface area contributed by atoms with Crippen molar-refractivity contribution in [3.63, 3.8) is 0 Å². The lowest BCUT2D eigenvalue weighted by Crippen LogP contribution is -2.47. The van der Waals surface area contributed by atoms with Crippen LogP contribution in [0.15, 0.2) is 12.1 Å². The zero-order valence-corrected chi connectivity index (χ0v) is 16.6. The molecule has 1 atom stereocenters. The molecule has 1 saturated carbocycles. The van der Waals surface area contributed by atoms with E-state index in [0.29, 0.717) is 10.9 Å². The summed E-state index contributed by atoms with van der Waals surface area (Å²) in [7, 11) is 0. The first-order valence-electron chi connectivity index (χ1n) is 8.57. The van der Waals surface area contributed by atoms with Gasteiger partial charge in [0.2, 0.25) is 0 Å². The Labute approximate surface area is 162 Å². The molecule has 1 N–H and O–H groups in total. The summed E-state index contributed by atoms with van der Waals surface area (Å²) >= 11 is 6.55. The number of benzene rings is 1. The second-order valence-corrected chi connectivity index (χ2v) is 7.10. The van der Waals surface area contributed by atoms with Crippen molar-refractivity contribution in [3.05, 3.63) is 34.1 Å². The molecule has 1 aromatic carbocycles. The van der Waals surface area contributed by atoms with Crippen molar-refractivity contribution in [2.75, 3.05) is 26.2 Å². The topological polar surface area (TPSA) is 15.3 Å². The van der Waals surface area contributed by atoms with Gasteiger partial charge in [0, 0.05) is 37.8 Å². The first-order valence-corrected chi connectivity index (χ1v) is 8.95. The quantitative estimate of drug-likeness (QED) is 0.758. The maximum Gasteiger partial charge on any atom is 0.129 e. The van der Waals surface area contributed by atoms with Gasteiger partial charge >= 0.3 is 0 Å². The van der Waals surface area contributed by atoms with E-state index >= 15 is 0 Å². The molecule has 2 nitrogen and oxygen atoms in total. The Kier molecular flexibility index (Phi) is 9.32. The Balaban J connectivity index is 0.00000144. The summed E-state index contributed by atoms with van der Waals surface area (Å²) in [4.78, 5) is 2.45. The molecule has 6 heteroatoms. The lowest BCUT2D eigenvalue weighted by Gasteiger charge is -2.41. The van der Waals surface area contributed by atoms with Crippen molar-refractivity contribution in [2.45, 2.75) is 45.1 Å². The van der Waals surface area contributed by atoms with Crippen LogP contribution < -0.4 is 5.32 Å². The number of nitrogens with one attached hydrogen (secondary N) is 1. The standard InChI is InChI=1S/C18H26ClFN2.2ClH/c1-13-7-8-15(20)16(17(13)19)18(14-5-3-2-4-6-14)22-11-9-21-10-12-22;;/h7-8,14,18,21H,2-6,9-12H2,1H3;2*1H/t18-;;/m0../s1. The predicted molar refractivity (Wildman–Crippen MR) is 104 cm³/mol. The highest BCUT2D eigenvalue weighted by Crippen LogP contribution is 2.42. The molecule has 0 bridgehead atoms. The molecule has 0 unspecified atom stereocenters. The van der Waals surface area contributed by atoms with E-state index in [1.807, 2.05) is 6.92 Å². The number of aryl methyl sites for hydroxylation is 1. The summed E-state index contributed by atoms with van der Waals surface area (Å²) in [6.45, 7) is 5.89. The molecule has 24 heavy (non-hydrogen) atoms. The smallest absolute Gasteiger partial charge is 0.129 e. The van der Waals surface area contributed by atoms with Crippen molar-refractivity contribution in [2.24, 2.45) is 5.92 Å². The zero-order chi connectivity index (χ0) is 15.5. The average Bonchev–Trinajstić information content (AvgIpc) is 2.57. The molecule has 1 aromatic rings. The van der Waals surface area contributed by atoms with E-state index in [1.54, 1.807) is 12.1 Å². The number of piperazine rings is 1. The molecule has 0 amide bonds. The highest BCUT2D eigenvalue weighted by atomic mass is 35.5. The van der Waals surface area contributed by atoms with Crippen molar-refractivity contribution >= 4 is 36.4 Å². The minimum absolute atomic E-state index is 0. The minimum atomic E-state index is -0.135.